The van der Waals surface area contributed by atoms with E-state index in [-0.39, 0.29) is 5.97 Å². The summed E-state index contributed by atoms with van der Waals surface area (Å²) in [5.74, 6) is 0.761. The first-order valence-electron chi connectivity index (χ1n) is 8.02. The van der Waals surface area contributed by atoms with Crippen LogP contribution in [0.2, 0.25) is 0 Å². The van der Waals surface area contributed by atoms with Crippen LogP contribution in [0, 0.1) is 5.92 Å². The summed E-state index contributed by atoms with van der Waals surface area (Å²) in [6.45, 7) is 8.90. The van der Waals surface area contributed by atoms with Crippen molar-refractivity contribution in [2.45, 2.75) is 84.2 Å². The largest absolute Gasteiger partial charge is 0.465 e. The SMILES string of the molecule is CCCC1CCC(NC(C)CC)(C(=O)OCC)CC1. The minimum atomic E-state index is -0.421. The van der Waals surface area contributed by atoms with E-state index in [1.807, 2.05) is 6.92 Å². The maximum Gasteiger partial charge on any atom is 0.326 e. The lowest BCUT2D eigenvalue weighted by atomic mass is 9.74. The van der Waals surface area contributed by atoms with Gasteiger partial charge in [-0.3, -0.25) is 10.1 Å². The molecule has 1 rings (SSSR count). The van der Waals surface area contributed by atoms with Crippen LogP contribution in [-0.2, 0) is 9.53 Å². The van der Waals surface area contributed by atoms with Gasteiger partial charge in [0.1, 0.15) is 5.54 Å². The maximum absolute atomic E-state index is 12.4. The zero-order valence-corrected chi connectivity index (χ0v) is 13.1. The molecule has 0 aliphatic heterocycles. The molecule has 0 amide bonds. The lowest BCUT2D eigenvalue weighted by molar-refractivity contribution is -0.153. The van der Waals surface area contributed by atoms with E-state index in [1.165, 1.54) is 12.8 Å². The number of nitrogens with one attached hydrogen (secondary N) is 1. The predicted molar refractivity (Wildman–Crippen MR) is 79.1 cm³/mol. The molecule has 3 nitrogen and oxygen atoms in total. The van der Waals surface area contributed by atoms with Gasteiger partial charge < -0.3 is 4.74 Å². The fourth-order valence-corrected chi connectivity index (χ4v) is 3.12. The first-order valence-corrected chi connectivity index (χ1v) is 8.02. The lowest BCUT2D eigenvalue weighted by Gasteiger charge is -2.40. The van der Waals surface area contributed by atoms with Crippen molar-refractivity contribution in [1.82, 2.24) is 5.32 Å². The zero-order valence-electron chi connectivity index (χ0n) is 13.1. The summed E-state index contributed by atoms with van der Waals surface area (Å²) in [6, 6.07) is 0.368. The van der Waals surface area contributed by atoms with E-state index in [2.05, 4.69) is 26.1 Å². The molecule has 1 saturated carbocycles. The second-order valence-corrected chi connectivity index (χ2v) is 5.99. The monoisotopic (exact) mass is 269 g/mol. The first-order chi connectivity index (χ1) is 9.07. The van der Waals surface area contributed by atoms with E-state index in [9.17, 15) is 4.79 Å². The fraction of sp³-hybridized carbons (Fsp3) is 0.938. The average molecular weight is 269 g/mol. The van der Waals surface area contributed by atoms with E-state index in [1.54, 1.807) is 0 Å². The number of hydrogen-bond donors (Lipinski definition) is 1. The molecule has 0 saturated heterocycles. The smallest absolute Gasteiger partial charge is 0.326 e. The Kier molecular flexibility index (Phi) is 6.84. The summed E-state index contributed by atoms with van der Waals surface area (Å²) < 4.78 is 5.32. The second-order valence-electron chi connectivity index (χ2n) is 5.99. The highest BCUT2D eigenvalue weighted by Gasteiger charge is 2.43. The molecular formula is C16H31NO2. The molecule has 0 aromatic heterocycles. The summed E-state index contributed by atoms with van der Waals surface area (Å²) in [5, 5.41) is 3.55. The van der Waals surface area contributed by atoms with Crippen molar-refractivity contribution in [1.29, 1.82) is 0 Å². The van der Waals surface area contributed by atoms with Gasteiger partial charge in [-0.2, -0.15) is 0 Å². The molecule has 112 valence electrons. The number of ether oxygens (including phenoxy) is 1. The summed E-state index contributed by atoms with van der Waals surface area (Å²) >= 11 is 0. The number of esters is 1. The molecule has 1 atom stereocenters. The molecule has 0 aromatic carbocycles. The Morgan fingerprint density at radius 1 is 1.32 bits per heavy atom. The first kappa shape index (κ1) is 16.5. The van der Waals surface area contributed by atoms with Crippen molar-refractivity contribution in [3.05, 3.63) is 0 Å². The zero-order chi connectivity index (χ0) is 14.3. The molecule has 0 aromatic rings. The molecule has 1 aliphatic carbocycles. The molecule has 0 spiro atoms. The normalized spacial score (nSPS) is 28.9. The molecule has 19 heavy (non-hydrogen) atoms. The molecule has 3 heteroatoms. The standard InChI is InChI=1S/C16H31NO2/c1-5-8-14-9-11-16(12-10-14,15(18)19-7-3)17-13(4)6-2/h13-14,17H,5-12H2,1-4H3. The third kappa shape index (κ3) is 4.48. The van der Waals surface area contributed by atoms with E-state index in [0.29, 0.717) is 12.6 Å². The number of hydrogen-bond acceptors (Lipinski definition) is 3. The highest BCUT2D eigenvalue weighted by molar-refractivity contribution is 5.81. The molecule has 1 unspecified atom stereocenters. The van der Waals surface area contributed by atoms with E-state index >= 15 is 0 Å². The van der Waals surface area contributed by atoms with Crippen LogP contribution in [0.15, 0.2) is 0 Å². The van der Waals surface area contributed by atoms with Gasteiger partial charge in [0.2, 0.25) is 0 Å². The van der Waals surface area contributed by atoms with Crippen molar-refractivity contribution in [2.75, 3.05) is 6.61 Å². The average Bonchev–Trinajstić information content (AvgIpc) is 2.41. The predicted octanol–water partition coefficient (Wildman–Crippen LogP) is 3.67. The van der Waals surface area contributed by atoms with Gasteiger partial charge in [-0.25, -0.2) is 0 Å². The Balaban J connectivity index is 2.69. The minimum Gasteiger partial charge on any atom is -0.465 e. The van der Waals surface area contributed by atoms with E-state index in [4.69, 9.17) is 4.74 Å². The highest BCUT2D eigenvalue weighted by Crippen LogP contribution is 2.35. The Hall–Kier alpha value is -0.570. The fourth-order valence-electron chi connectivity index (χ4n) is 3.12. The molecule has 1 aliphatic rings. The Morgan fingerprint density at radius 3 is 2.42 bits per heavy atom. The summed E-state index contributed by atoms with van der Waals surface area (Å²) in [4.78, 5) is 12.4. The Morgan fingerprint density at radius 2 is 1.95 bits per heavy atom. The second kappa shape index (κ2) is 7.88. The Labute approximate surface area is 118 Å². The van der Waals surface area contributed by atoms with Crippen molar-refractivity contribution < 1.29 is 9.53 Å². The highest BCUT2D eigenvalue weighted by atomic mass is 16.5. The van der Waals surface area contributed by atoms with Crippen LogP contribution in [0.25, 0.3) is 0 Å². The van der Waals surface area contributed by atoms with Gasteiger partial charge >= 0.3 is 5.97 Å². The molecule has 1 N–H and O–H groups in total. The van der Waals surface area contributed by atoms with Crippen LogP contribution < -0.4 is 5.32 Å². The number of carbonyl (C=O) groups is 1. The van der Waals surface area contributed by atoms with Crippen LogP contribution in [0.3, 0.4) is 0 Å². The maximum atomic E-state index is 12.4. The van der Waals surface area contributed by atoms with Gasteiger partial charge in [0.25, 0.3) is 0 Å². The van der Waals surface area contributed by atoms with Gasteiger partial charge in [0, 0.05) is 6.04 Å². The number of rotatable bonds is 7. The third-order valence-electron chi connectivity index (χ3n) is 4.46. The van der Waals surface area contributed by atoms with Crippen LogP contribution in [0.4, 0.5) is 0 Å². The van der Waals surface area contributed by atoms with E-state index < -0.39 is 5.54 Å². The lowest BCUT2D eigenvalue weighted by Crippen LogP contribution is -2.57. The summed E-state index contributed by atoms with van der Waals surface area (Å²) in [5.41, 5.74) is -0.421. The van der Waals surface area contributed by atoms with Gasteiger partial charge in [0.15, 0.2) is 0 Å². The molecule has 0 heterocycles. The van der Waals surface area contributed by atoms with E-state index in [0.717, 1.165) is 38.0 Å². The van der Waals surface area contributed by atoms with Crippen LogP contribution in [0.1, 0.15) is 72.6 Å². The van der Waals surface area contributed by atoms with Crippen molar-refractivity contribution >= 4 is 5.97 Å². The van der Waals surface area contributed by atoms with Gasteiger partial charge in [0.05, 0.1) is 6.61 Å². The van der Waals surface area contributed by atoms with Crippen LogP contribution in [0.5, 0.6) is 0 Å². The number of carbonyl (C=O) groups excluding carboxylic acids is 1. The van der Waals surface area contributed by atoms with Crippen LogP contribution >= 0.6 is 0 Å². The third-order valence-corrected chi connectivity index (χ3v) is 4.46. The van der Waals surface area contributed by atoms with Crippen molar-refractivity contribution in [3.8, 4) is 0 Å². The van der Waals surface area contributed by atoms with Crippen molar-refractivity contribution in [3.63, 3.8) is 0 Å². The molecular weight excluding hydrogens is 238 g/mol. The molecule has 0 bridgehead atoms. The van der Waals surface area contributed by atoms with Gasteiger partial charge in [-0.15, -0.1) is 0 Å². The summed E-state index contributed by atoms with van der Waals surface area (Å²) in [7, 11) is 0. The summed E-state index contributed by atoms with van der Waals surface area (Å²) in [6.07, 6.45) is 7.74. The molecule has 0 radical (unpaired) electrons. The van der Waals surface area contributed by atoms with Gasteiger partial charge in [-0.05, 0) is 51.9 Å². The topological polar surface area (TPSA) is 38.3 Å². The Bertz CT molecular complexity index is 270. The van der Waals surface area contributed by atoms with Crippen LogP contribution in [-0.4, -0.2) is 24.2 Å². The van der Waals surface area contributed by atoms with Crippen molar-refractivity contribution in [2.24, 2.45) is 5.92 Å². The quantitative estimate of drug-likeness (QED) is 0.717. The van der Waals surface area contributed by atoms with Gasteiger partial charge in [-0.1, -0.05) is 26.7 Å². The molecule has 1 fully saturated rings. The minimum absolute atomic E-state index is 0.0368.